The number of pyridine rings is 2. The molecule has 3 N–H and O–H groups in total. The Morgan fingerprint density at radius 3 is 2.96 bits per heavy atom. The van der Waals surface area contributed by atoms with Crippen molar-refractivity contribution in [3.63, 3.8) is 0 Å². The number of ether oxygens (including phenoxy) is 1. The molecular formula is C17H21N5O2. The number of likely N-dealkylation sites (tertiary alicyclic amines) is 1. The molecule has 1 aliphatic heterocycles. The van der Waals surface area contributed by atoms with Crippen molar-refractivity contribution in [3.8, 4) is 11.9 Å². The van der Waals surface area contributed by atoms with E-state index in [1.54, 1.807) is 19.4 Å². The molecule has 0 spiro atoms. The number of fused-ring (bicyclic) bond motifs is 1. The number of β-amino-alcohol motifs (C(OH)–C–C–N with tert-alkyl or cyclic N) is 1. The van der Waals surface area contributed by atoms with Gasteiger partial charge in [-0.15, -0.1) is 0 Å². The van der Waals surface area contributed by atoms with Gasteiger partial charge in [0, 0.05) is 43.4 Å². The predicted molar refractivity (Wildman–Crippen MR) is 89.5 cm³/mol. The molecular weight excluding hydrogens is 306 g/mol. The molecule has 2 aromatic rings. The summed E-state index contributed by atoms with van der Waals surface area (Å²) in [7, 11) is 1.56. The fourth-order valence-electron chi connectivity index (χ4n) is 3.19. The van der Waals surface area contributed by atoms with Gasteiger partial charge >= 0.3 is 0 Å². The second-order valence-electron chi connectivity index (χ2n) is 6.06. The molecule has 0 aromatic carbocycles. The van der Waals surface area contributed by atoms with E-state index in [2.05, 4.69) is 20.9 Å². The molecule has 2 atom stereocenters. The summed E-state index contributed by atoms with van der Waals surface area (Å²) in [6, 6.07) is 5.80. The smallest absolute Gasteiger partial charge is 0.213 e. The molecule has 2 aromatic heterocycles. The second kappa shape index (κ2) is 7.09. The van der Waals surface area contributed by atoms with Gasteiger partial charge in [0.25, 0.3) is 0 Å². The first-order chi connectivity index (χ1) is 11.7. The zero-order valence-electron chi connectivity index (χ0n) is 13.6. The first-order valence-corrected chi connectivity index (χ1v) is 7.99. The van der Waals surface area contributed by atoms with Gasteiger partial charge in [-0.2, -0.15) is 5.26 Å². The molecule has 1 aliphatic rings. The fraction of sp³-hybridized carbons (Fsp3) is 0.471. The number of hydrogen-bond acceptors (Lipinski definition) is 7. The van der Waals surface area contributed by atoms with Crippen LogP contribution in [0.25, 0.3) is 11.0 Å². The van der Waals surface area contributed by atoms with Gasteiger partial charge in [0.2, 0.25) is 5.88 Å². The van der Waals surface area contributed by atoms with E-state index in [1.807, 2.05) is 6.07 Å². The number of nitriles is 1. The van der Waals surface area contributed by atoms with Crippen LogP contribution >= 0.6 is 0 Å². The standard InChI is InChI=1S/C17H21N5O2/c1-24-16-3-2-14-17(21-16)13(11(6-18)8-20-14)4-5-22-9-12(7-19)15(23)10-22/h2-3,8,12,15,23H,4-5,7,9-10,19H2,1H3. The van der Waals surface area contributed by atoms with Crippen LogP contribution in [0.4, 0.5) is 0 Å². The van der Waals surface area contributed by atoms with Crippen LogP contribution in [0.5, 0.6) is 5.88 Å². The lowest BCUT2D eigenvalue weighted by Gasteiger charge is -2.16. The van der Waals surface area contributed by atoms with E-state index < -0.39 is 0 Å². The molecule has 126 valence electrons. The van der Waals surface area contributed by atoms with E-state index in [0.717, 1.165) is 24.2 Å². The minimum absolute atomic E-state index is 0.118. The van der Waals surface area contributed by atoms with Crippen molar-refractivity contribution in [3.05, 3.63) is 29.5 Å². The highest BCUT2D eigenvalue weighted by molar-refractivity contribution is 5.80. The monoisotopic (exact) mass is 327 g/mol. The van der Waals surface area contributed by atoms with Gasteiger partial charge in [-0.3, -0.25) is 4.98 Å². The normalized spacial score (nSPS) is 21.1. The molecule has 0 radical (unpaired) electrons. The van der Waals surface area contributed by atoms with Crippen molar-refractivity contribution in [2.75, 3.05) is 33.3 Å². The first-order valence-electron chi connectivity index (χ1n) is 7.99. The molecule has 24 heavy (non-hydrogen) atoms. The van der Waals surface area contributed by atoms with Crippen LogP contribution in [-0.4, -0.2) is 59.4 Å². The van der Waals surface area contributed by atoms with Crippen molar-refractivity contribution < 1.29 is 9.84 Å². The third-order valence-corrected chi connectivity index (χ3v) is 4.58. The minimum Gasteiger partial charge on any atom is -0.481 e. The molecule has 1 saturated heterocycles. The van der Waals surface area contributed by atoms with Crippen molar-refractivity contribution >= 4 is 11.0 Å². The Hall–Kier alpha value is -2.27. The maximum absolute atomic E-state index is 9.98. The zero-order chi connectivity index (χ0) is 17.1. The van der Waals surface area contributed by atoms with Gasteiger partial charge in [0.05, 0.1) is 29.8 Å². The van der Waals surface area contributed by atoms with Crippen LogP contribution in [0.2, 0.25) is 0 Å². The summed E-state index contributed by atoms with van der Waals surface area (Å²) in [4.78, 5) is 10.9. The maximum atomic E-state index is 9.98. The van der Waals surface area contributed by atoms with E-state index in [1.165, 1.54) is 0 Å². The van der Waals surface area contributed by atoms with Crippen LogP contribution < -0.4 is 10.5 Å². The summed E-state index contributed by atoms with van der Waals surface area (Å²) in [6.45, 7) is 2.61. The molecule has 3 heterocycles. The molecule has 0 aliphatic carbocycles. The van der Waals surface area contributed by atoms with E-state index in [9.17, 15) is 10.4 Å². The van der Waals surface area contributed by atoms with E-state index in [4.69, 9.17) is 10.5 Å². The predicted octanol–water partition coefficient (Wildman–Crippen LogP) is 0.304. The van der Waals surface area contributed by atoms with Crippen LogP contribution in [0, 0.1) is 17.2 Å². The summed E-state index contributed by atoms with van der Waals surface area (Å²) in [5.74, 6) is 0.619. The summed E-state index contributed by atoms with van der Waals surface area (Å²) < 4.78 is 5.19. The third-order valence-electron chi connectivity index (χ3n) is 4.58. The number of hydrogen-bond donors (Lipinski definition) is 2. The number of rotatable bonds is 5. The molecule has 1 fully saturated rings. The lowest BCUT2D eigenvalue weighted by molar-refractivity contribution is 0.144. The largest absolute Gasteiger partial charge is 0.481 e. The van der Waals surface area contributed by atoms with Gasteiger partial charge in [-0.1, -0.05) is 0 Å². The highest BCUT2D eigenvalue weighted by atomic mass is 16.5. The Balaban J connectivity index is 1.86. The van der Waals surface area contributed by atoms with Gasteiger partial charge in [0.15, 0.2) is 0 Å². The lowest BCUT2D eigenvalue weighted by atomic mass is 10.0. The number of aliphatic hydroxyl groups excluding tert-OH is 1. The Bertz CT molecular complexity index is 773. The number of nitrogens with zero attached hydrogens (tertiary/aromatic N) is 4. The highest BCUT2D eigenvalue weighted by Crippen LogP contribution is 2.23. The van der Waals surface area contributed by atoms with Gasteiger partial charge in [-0.05, 0) is 19.0 Å². The first kappa shape index (κ1) is 16.6. The number of aliphatic hydroxyl groups is 1. The number of nitrogens with two attached hydrogens (primary N) is 1. The Morgan fingerprint density at radius 1 is 1.46 bits per heavy atom. The van der Waals surface area contributed by atoms with Crippen molar-refractivity contribution in [1.82, 2.24) is 14.9 Å². The van der Waals surface area contributed by atoms with Crippen molar-refractivity contribution in [2.24, 2.45) is 11.7 Å². The molecule has 3 rings (SSSR count). The fourth-order valence-corrected chi connectivity index (χ4v) is 3.19. The molecule has 0 amide bonds. The Morgan fingerprint density at radius 2 is 2.29 bits per heavy atom. The molecule has 0 bridgehead atoms. The molecule has 0 saturated carbocycles. The van der Waals surface area contributed by atoms with E-state index in [0.29, 0.717) is 36.5 Å². The number of methoxy groups -OCH3 is 1. The van der Waals surface area contributed by atoms with Crippen LogP contribution in [0.3, 0.4) is 0 Å². The highest BCUT2D eigenvalue weighted by Gasteiger charge is 2.30. The minimum atomic E-state index is -0.377. The Labute approximate surface area is 140 Å². The van der Waals surface area contributed by atoms with Crippen LogP contribution in [0.15, 0.2) is 18.3 Å². The van der Waals surface area contributed by atoms with Gasteiger partial charge < -0.3 is 20.5 Å². The maximum Gasteiger partial charge on any atom is 0.213 e. The van der Waals surface area contributed by atoms with Crippen LogP contribution in [0.1, 0.15) is 11.1 Å². The van der Waals surface area contributed by atoms with Crippen molar-refractivity contribution in [1.29, 1.82) is 5.26 Å². The Kier molecular flexibility index (Phi) is 4.90. The molecule has 7 heteroatoms. The van der Waals surface area contributed by atoms with Gasteiger partial charge in [0.1, 0.15) is 6.07 Å². The number of aromatic nitrogens is 2. The summed E-state index contributed by atoms with van der Waals surface area (Å²) in [5.41, 5.74) is 8.52. The third kappa shape index (κ3) is 3.17. The SMILES string of the molecule is COc1ccc2ncc(C#N)c(CCN3CC(O)C(CN)C3)c2n1. The summed E-state index contributed by atoms with van der Waals surface area (Å²) >= 11 is 0. The summed E-state index contributed by atoms with van der Waals surface area (Å²) in [6.07, 6.45) is 1.87. The summed E-state index contributed by atoms with van der Waals surface area (Å²) in [5, 5.41) is 19.4. The topological polar surface area (TPSA) is 108 Å². The second-order valence-corrected chi connectivity index (χ2v) is 6.06. The quantitative estimate of drug-likeness (QED) is 0.813. The average Bonchev–Trinajstić information content (AvgIpc) is 2.98. The van der Waals surface area contributed by atoms with Gasteiger partial charge in [-0.25, -0.2) is 4.98 Å². The molecule has 7 nitrogen and oxygen atoms in total. The zero-order valence-corrected chi connectivity index (χ0v) is 13.6. The van der Waals surface area contributed by atoms with E-state index >= 15 is 0 Å². The van der Waals surface area contributed by atoms with Crippen LogP contribution in [-0.2, 0) is 6.42 Å². The average molecular weight is 327 g/mol. The van der Waals surface area contributed by atoms with E-state index in [-0.39, 0.29) is 12.0 Å². The molecule has 2 unspecified atom stereocenters. The lowest BCUT2D eigenvalue weighted by Crippen LogP contribution is -2.26. The van der Waals surface area contributed by atoms with Crippen molar-refractivity contribution in [2.45, 2.75) is 12.5 Å².